The number of aromatic hydroxyl groups is 1. The Hall–Kier alpha value is -3.61. The molecule has 0 unspecified atom stereocenters. The summed E-state index contributed by atoms with van der Waals surface area (Å²) in [7, 11) is 0. The van der Waals surface area contributed by atoms with Crippen molar-refractivity contribution >= 4 is 22.7 Å². The maximum absolute atomic E-state index is 12.0. The van der Waals surface area contributed by atoms with E-state index in [9.17, 15) is 14.7 Å². The number of hydrogen-bond acceptors (Lipinski definition) is 6. The number of aryl methyl sites for hydroxylation is 1. The van der Waals surface area contributed by atoms with Crippen LogP contribution in [-0.4, -0.2) is 14.5 Å². The van der Waals surface area contributed by atoms with Crippen molar-refractivity contribution < 1.29 is 5.11 Å². The highest BCUT2D eigenvalue weighted by Crippen LogP contribution is 2.25. The molecule has 0 aliphatic rings. The molecule has 0 saturated heterocycles. The molecule has 0 atom stereocenters. The fraction of sp³-hybridized carbons (Fsp3) is 0.105. The average Bonchev–Trinajstić information content (AvgIpc) is 3.12. The molecule has 3 N–H and O–H groups in total. The molecular weight excluding hydrogens is 332 g/mol. The van der Waals surface area contributed by atoms with Gasteiger partial charge in [-0.15, -0.1) is 0 Å². The lowest BCUT2D eigenvalue weighted by Crippen LogP contribution is -2.36. The molecule has 0 amide bonds. The van der Waals surface area contributed by atoms with Crippen molar-refractivity contribution in [1.29, 1.82) is 0 Å². The fourth-order valence-corrected chi connectivity index (χ4v) is 2.93. The first kappa shape index (κ1) is 15.9. The molecule has 7 nitrogen and oxygen atoms in total. The second kappa shape index (κ2) is 6.03. The first-order valence-corrected chi connectivity index (χ1v) is 8.09. The SMILES string of the molecule is Cc1c(Nc2c(NCc3cccc(O)c3)c(=O)c2=O)ccc2nccn12. The maximum atomic E-state index is 12.0. The summed E-state index contributed by atoms with van der Waals surface area (Å²) in [4.78, 5) is 28.1. The van der Waals surface area contributed by atoms with Gasteiger partial charge >= 0.3 is 0 Å². The number of benzene rings is 1. The Kier molecular flexibility index (Phi) is 3.69. The summed E-state index contributed by atoms with van der Waals surface area (Å²) in [5.74, 6) is 0.150. The van der Waals surface area contributed by atoms with Gasteiger partial charge in [-0.3, -0.25) is 9.59 Å². The zero-order valence-electron chi connectivity index (χ0n) is 14.0. The first-order valence-electron chi connectivity index (χ1n) is 8.09. The van der Waals surface area contributed by atoms with Crippen molar-refractivity contribution in [1.82, 2.24) is 9.38 Å². The van der Waals surface area contributed by atoms with Gasteiger partial charge in [-0.25, -0.2) is 4.98 Å². The third kappa shape index (κ3) is 2.59. The molecule has 0 fully saturated rings. The van der Waals surface area contributed by atoms with Gasteiger partial charge < -0.3 is 20.1 Å². The molecule has 0 radical (unpaired) electrons. The molecule has 0 aliphatic carbocycles. The predicted octanol–water partition coefficient (Wildman–Crippen LogP) is 2.30. The van der Waals surface area contributed by atoms with E-state index in [1.165, 1.54) is 0 Å². The smallest absolute Gasteiger partial charge is 0.253 e. The van der Waals surface area contributed by atoms with Gasteiger partial charge in [-0.1, -0.05) is 12.1 Å². The number of nitrogens with zero attached hydrogens (tertiary/aromatic N) is 2. The molecule has 4 aromatic rings. The van der Waals surface area contributed by atoms with Crippen LogP contribution in [0.4, 0.5) is 17.1 Å². The van der Waals surface area contributed by atoms with Crippen molar-refractivity contribution in [3.63, 3.8) is 0 Å². The van der Waals surface area contributed by atoms with Crippen molar-refractivity contribution in [2.75, 3.05) is 10.6 Å². The second-order valence-corrected chi connectivity index (χ2v) is 6.04. The molecule has 2 heterocycles. The van der Waals surface area contributed by atoms with Crippen LogP contribution in [0.15, 0.2) is 58.4 Å². The largest absolute Gasteiger partial charge is 0.508 e. The van der Waals surface area contributed by atoms with Gasteiger partial charge in [0.1, 0.15) is 22.8 Å². The average molecular weight is 348 g/mol. The minimum atomic E-state index is -0.548. The van der Waals surface area contributed by atoms with Gasteiger partial charge in [0.2, 0.25) is 0 Å². The van der Waals surface area contributed by atoms with E-state index >= 15 is 0 Å². The van der Waals surface area contributed by atoms with Crippen molar-refractivity contribution in [3.8, 4) is 5.75 Å². The molecule has 2 aromatic heterocycles. The lowest BCUT2D eigenvalue weighted by Gasteiger charge is -2.16. The Morgan fingerprint density at radius 3 is 2.73 bits per heavy atom. The van der Waals surface area contributed by atoms with E-state index in [4.69, 9.17) is 0 Å². The van der Waals surface area contributed by atoms with Crippen molar-refractivity contribution in [3.05, 3.63) is 80.5 Å². The molecule has 0 bridgehead atoms. The third-order valence-electron chi connectivity index (χ3n) is 4.37. The fourth-order valence-electron chi connectivity index (χ4n) is 2.93. The van der Waals surface area contributed by atoms with Gasteiger partial charge in [0.05, 0.1) is 5.69 Å². The molecule has 26 heavy (non-hydrogen) atoms. The van der Waals surface area contributed by atoms with E-state index in [0.717, 1.165) is 22.6 Å². The Morgan fingerprint density at radius 1 is 1.12 bits per heavy atom. The number of imidazole rings is 1. The van der Waals surface area contributed by atoms with E-state index in [1.54, 1.807) is 24.4 Å². The van der Waals surface area contributed by atoms with Crippen LogP contribution in [0.2, 0.25) is 0 Å². The van der Waals surface area contributed by atoms with Crippen LogP contribution < -0.4 is 21.5 Å². The predicted molar refractivity (Wildman–Crippen MR) is 100.0 cm³/mol. The molecule has 0 spiro atoms. The summed E-state index contributed by atoms with van der Waals surface area (Å²) >= 11 is 0. The maximum Gasteiger partial charge on any atom is 0.253 e. The van der Waals surface area contributed by atoms with Crippen LogP contribution >= 0.6 is 0 Å². The number of anilines is 3. The second-order valence-electron chi connectivity index (χ2n) is 6.04. The number of phenols is 1. The van der Waals surface area contributed by atoms with Crippen molar-refractivity contribution in [2.24, 2.45) is 0 Å². The number of fused-ring (bicyclic) bond motifs is 1. The minimum absolute atomic E-state index is 0.150. The minimum Gasteiger partial charge on any atom is -0.508 e. The zero-order chi connectivity index (χ0) is 18.3. The van der Waals surface area contributed by atoms with Gasteiger partial charge in [-0.05, 0) is 36.8 Å². The molecular formula is C19H16N4O3. The van der Waals surface area contributed by atoms with Crippen LogP contribution in [-0.2, 0) is 6.54 Å². The Labute approximate surface area is 148 Å². The number of hydrogen-bond donors (Lipinski definition) is 3. The molecule has 0 aliphatic heterocycles. The van der Waals surface area contributed by atoms with E-state index in [0.29, 0.717) is 6.54 Å². The molecule has 4 rings (SSSR count). The summed E-state index contributed by atoms with van der Waals surface area (Å²) in [6.07, 6.45) is 3.53. The van der Waals surface area contributed by atoms with E-state index in [1.807, 2.05) is 35.7 Å². The van der Waals surface area contributed by atoms with Crippen LogP contribution in [0.3, 0.4) is 0 Å². The monoisotopic (exact) mass is 348 g/mol. The highest BCUT2D eigenvalue weighted by molar-refractivity contribution is 5.79. The Bertz CT molecular complexity index is 1190. The summed E-state index contributed by atoms with van der Waals surface area (Å²) in [5.41, 5.74) is 2.62. The zero-order valence-corrected chi connectivity index (χ0v) is 14.0. The molecule has 7 heteroatoms. The normalized spacial score (nSPS) is 11.1. The van der Waals surface area contributed by atoms with Crippen LogP contribution in [0.1, 0.15) is 11.3 Å². The van der Waals surface area contributed by atoms with E-state index in [-0.39, 0.29) is 17.1 Å². The lowest BCUT2D eigenvalue weighted by molar-refractivity contribution is 0.474. The van der Waals surface area contributed by atoms with Gasteiger partial charge in [-0.2, -0.15) is 0 Å². The molecule has 130 valence electrons. The lowest BCUT2D eigenvalue weighted by atomic mass is 10.1. The van der Waals surface area contributed by atoms with E-state index < -0.39 is 10.9 Å². The summed E-state index contributed by atoms with van der Waals surface area (Å²) in [6.45, 7) is 2.23. The Morgan fingerprint density at radius 2 is 1.92 bits per heavy atom. The topological polar surface area (TPSA) is 95.7 Å². The van der Waals surface area contributed by atoms with Crippen molar-refractivity contribution in [2.45, 2.75) is 13.5 Å². The first-order chi connectivity index (χ1) is 12.5. The third-order valence-corrected chi connectivity index (χ3v) is 4.37. The standard InChI is InChI=1S/C19H16N4O3/c1-11-14(5-6-15-20-7-8-23(11)15)22-17-16(18(25)19(17)26)21-10-12-3-2-4-13(24)9-12/h2-9,21-22,24H,10H2,1H3. The van der Waals surface area contributed by atoms with Crippen LogP contribution in [0.5, 0.6) is 5.75 Å². The molecule has 2 aromatic carbocycles. The highest BCUT2D eigenvalue weighted by Gasteiger charge is 2.21. The summed E-state index contributed by atoms with van der Waals surface area (Å²) < 4.78 is 1.90. The highest BCUT2D eigenvalue weighted by atomic mass is 16.3. The number of rotatable bonds is 5. The van der Waals surface area contributed by atoms with E-state index in [2.05, 4.69) is 15.6 Å². The van der Waals surface area contributed by atoms with Gasteiger partial charge in [0.15, 0.2) is 0 Å². The number of aromatic nitrogens is 2. The van der Waals surface area contributed by atoms with Gasteiger partial charge in [0, 0.05) is 24.6 Å². The van der Waals surface area contributed by atoms with Gasteiger partial charge in [0.25, 0.3) is 10.9 Å². The number of phenolic OH excluding ortho intramolecular Hbond substituents is 1. The molecule has 0 saturated carbocycles. The number of pyridine rings is 1. The summed E-state index contributed by atoms with van der Waals surface area (Å²) in [6, 6.07) is 10.4. The quantitative estimate of drug-likeness (QED) is 0.479. The van der Waals surface area contributed by atoms with Crippen LogP contribution in [0.25, 0.3) is 5.65 Å². The van der Waals surface area contributed by atoms with Crippen LogP contribution in [0, 0.1) is 6.92 Å². The Balaban J connectivity index is 1.59. The summed E-state index contributed by atoms with van der Waals surface area (Å²) in [5, 5.41) is 15.5. The number of nitrogens with one attached hydrogen (secondary N) is 2.